The molecule has 0 radical (unpaired) electrons. The summed E-state index contributed by atoms with van der Waals surface area (Å²) < 4.78 is 5.56. The Bertz CT molecular complexity index is 655. The molecule has 0 aliphatic carbocycles. The van der Waals surface area contributed by atoms with Crippen LogP contribution in [-0.2, 0) is 6.54 Å². The van der Waals surface area contributed by atoms with Crippen molar-refractivity contribution < 1.29 is 9.52 Å². The lowest BCUT2D eigenvalue weighted by atomic mass is 10.0. The van der Waals surface area contributed by atoms with Crippen molar-refractivity contribution in [1.29, 1.82) is 0 Å². The van der Waals surface area contributed by atoms with Crippen LogP contribution in [0.5, 0.6) is 0 Å². The number of aliphatic hydroxyl groups is 1. The minimum Gasteiger partial charge on any atom is -0.444 e. The third-order valence-electron chi connectivity index (χ3n) is 4.11. The van der Waals surface area contributed by atoms with Crippen LogP contribution in [0, 0.1) is 5.92 Å². The first-order valence-corrected chi connectivity index (χ1v) is 9.39. The number of oxazole rings is 1. The summed E-state index contributed by atoms with van der Waals surface area (Å²) in [5.41, 5.74) is 1.75. The van der Waals surface area contributed by atoms with Crippen LogP contribution in [0.4, 0.5) is 0 Å². The zero-order valence-corrected chi connectivity index (χ0v) is 18.5. The van der Waals surface area contributed by atoms with Crippen molar-refractivity contribution >= 4 is 29.9 Å². The highest BCUT2D eigenvalue weighted by molar-refractivity contribution is 14.0. The van der Waals surface area contributed by atoms with Gasteiger partial charge in [0.25, 0.3) is 0 Å². The first kappa shape index (κ1) is 23.4. The lowest BCUT2D eigenvalue weighted by Gasteiger charge is -2.18. The summed E-state index contributed by atoms with van der Waals surface area (Å²) in [4.78, 5) is 9.10. The number of hydrogen-bond donors (Lipinski definition) is 3. The molecule has 0 saturated heterocycles. The Balaban J connectivity index is 0.00000364. The highest BCUT2D eigenvalue weighted by Gasteiger charge is 2.09. The molecule has 0 bridgehead atoms. The molecular formula is C20H31IN4O2. The number of benzene rings is 1. The zero-order valence-electron chi connectivity index (χ0n) is 16.1. The van der Waals surface area contributed by atoms with Gasteiger partial charge in [-0.25, -0.2) is 9.98 Å². The average Bonchev–Trinajstić information content (AvgIpc) is 3.14. The Labute approximate surface area is 178 Å². The van der Waals surface area contributed by atoms with Crippen LogP contribution < -0.4 is 10.6 Å². The largest absolute Gasteiger partial charge is 0.444 e. The molecule has 150 valence electrons. The number of hydrogen-bond acceptors (Lipinski definition) is 4. The Morgan fingerprint density at radius 1 is 1.19 bits per heavy atom. The Hall–Kier alpha value is -1.61. The second kappa shape index (κ2) is 13.5. The molecule has 1 heterocycles. The van der Waals surface area contributed by atoms with Crippen LogP contribution >= 0.6 is 24.0 Å². The first-order chi connectivity index (χ1) is 12.8. The number of nitrogens with one attached hydrogen (secondary N) is 2. The fraction of sp³-hybridized carbons (Fsp3) is 0.500. The molecule has 0 spiro atoms. The van der Waals surface area contributed by atoms with Gasteiger partial charge in [0.15, 0.2) is 5.96 Å². The summed E-state index contributed by atoms with van der Waals surface area (Å²) in [7, 11) is 0. The van der Waals surface area contributed by atoms with Gasteiger partial charge in [0.05, 0.1) is 6.54 Å². The summed E-state index contributed by atoms with van der Waals surface area (Å²) in [6, 6.07) is 9.83. The number of guanidine groups is 1. The molecule has 1 aromatic heterocycles. The highest BCUT2D eigenvalue weighted by atomic mass is 127. The fourth-order valence-corrected chi connectivity index (χ4v) is 2.78. The SMILES string of the molecule is CCCC(CCO)CNC(=NCc1coc(-c2ccccc2)n1)NCC.I. The van der Waals surface area contributed by atoms with Gasteiger partial charge >= 0.3 is 0 Å². The summed E-state index contributed by atoms with van der Waals surface area (Å²) in [6.45, 7) is 6.47. The first-order valence-electron chi connectivity index (χ1n) is 9.39. The van der Waals surface area contributed by atoms with E-state index in [1.54, 1.807) is 6.26 Å². The third kappa shape index (κ3) is 8.30. The standard InChI is InChI=1S/C20H30N4O2.HI/c1-3-8-16(11-12-25)13-22-20(21-4-2)23-14-18-15-26-19(24-18)17-9-6-5-7-10-17;/h5-7,9-10,15-16,25H,3-4,8,11-14H2,1-2H3,(H2,21,22,23);1H. The van der Waals surface area contributed by atoms with Gasteiger partial charge in [0, 0.05) is 25.3 Å². The fourth-order valence-electron chi connectivity index (χ4n) is 2.78. The van der Waals surface area contributed by atoms with E-state index >= 15 is 0 Å². The maximum Gasteiger partial charge on any atom is 0.226 e. The second-order valence-electron chi connectivity index (χ2n) is 6.25. The topological polar surface area (TPSA) is 82.7 Å². The van der Waals surface area contributed by atoms with Gasteiger partial charge in [-0.1, -0.05) is 31.5 Å². The van der Waals surface area contributed by atoms with Gasteiger partial charge < -0.3 is 20.2 Å². The Morgan fingerprint density at radius 3 is 2.63 bits per heavy atom. The molecule has 0 fully saturated rings. The molecule has 0 saturated carbocycles. The smallest absolute Gasteiger partial charge is 0.226 e. The molecule has 0 aliphatic rings. The van der Waals surface area contributed by atoms with Gasteiger partial charge in [-0.2, -0.15) is 0 Å². The van der Waals surface area contributed by atoms with Gasteiger partial charge in [0.2, 0.25) is 5.89 Å². The summed E-state index contributed by atoms with van der Waals surface area (Å²) in [5, 5.41) is 15.8. The third-order valence-corrected chi connectivity index (χ3v) is 4.11. The average molecular weight is 486 g/mol. The van der Waals surface area contributed by atoms with E-state index < -0.39 is 0 Å². The van der Waals surface area contributed by atoms with Crippen molar-refractivity contribution in [3.63, 3.8) is 0 Å². The van der Waals surface area contributed by atoms with E-state index in [1.165, 1.54) is 0 Å². The summed E-state index contributed by atoms with van der Waals surface area (Å²) >= 11 is 0. The van der Waals surface area contributed by atoms with Crippen LogP contribution in [0.2, 0.25) is 0 Å². The van der Waals surface area contributed by atoms with E-state index in [2.05, 4.69) is 27.5 Å². The number of aliphatic imine (C=N–C) groups is 1. The van der Waals surface area contributed by atoms with Crippen LogP contribution in [0.1, 0.15) is 38.8 Å². The van der Waals surface area contributed by atoms with E-state index in [-0.39, 0.29) is 30.6 Å². The maximum absolute atomic E-state index is 9.19. The Morgan fingerprint density at radius 2 is 1.96 bits per heavy atom. The predicted octanol–water partition coefficient (Wildman–Crippen LogP) is 3.81. The van der Waals surface area contributed by atoms with Crippen molar-refractivity contribution in [2.24, 2.45) is 10.9 Å². The summed E-state index contributed by atoms with van der Waals surface area (Å²) in [5.74, 6) is 1.82. The quantitative estimate of drug-likeness (QED) is 0.270. The number of halogens is 1. The molecule has 7 heteroatoms. The van der Waals surface area contributed by atoms with Crippen LogP contribution in [0.15, 0.2) is 46.0 Å². The molecule has 0 amide bonds. The molecule has 2 aromatic rings. The van der Waals surface area contributed by atoms with Crippen LogP contribution in [-0.4, -0.2) is 35.7 Å². The Kier molecular flexibility index (Phi) is 11.8. The van der Waals surface area contributed by atoms with Crippen molar-refractivity contribution in [2.45, 2.75) is 39.7 Å². The maximum atomic E-state index is 9.19. The number of nitrogens with zero attached hydrogens (tertiary/aromatic N) is 2. The minimum atomic E-state index is 0. The summed E-state index contributed by atoms with van der Waals surface area (Å²) in [6.07, 6.45) is 4.67. The molecule has 27 heavy (non-hydrogen) atoms. The van der Waals surface area contributed by atoms with Crippen LogP contribution in [0.3, 0.4) is 0 Å². The molecule has 1 atom stereocenters. The van der Waals surface area contributed by atoms with Crippen molar-refractivity contribution in [3.8, 4) is 11.5 Å². The minimum absolute atomic E-state index is 0. The molecule has 1 aromatic carbocycles. The number of aromatic nitrogens is 1. The van der Waals surface area contributed by atoms with E-state index in [0.717, 1.165) is 49.6 Å². The van der Waals surface area contributed by atoms with Crippen molar-refractivity contribution in [3.05, 3.63) is 42.3 Å². The number of rotatable bonds is 10. The highest BCUT2D eigenvalue weighted by Crippen LogP contribution is 2.18. The molecule has 1 unspecified atom stereocenters. The van der Waals surface area contributed by atoms with Gasteiger partial charge in [0.1, 0.15) is 12.0 Å². The van der Waals surface area contributed by atoms with Gasteiger partial charge in [-0.15, -0.1) is 24.0 Å². The zero-order chi connectivity index (χ0) is 18.6. The van der Waals surface area contributed by atoms with E-state index in [4.69, 9.17) is 4.42 Å². The second-order valence-corrected chi connectivity index (χ2v) is 6.25. The van der Waals surface area contributed by atoms with Crippen molar-refractivity contribution in [2.75, 3.05) is 19.7 Å². The molecule has 6 nitrogen and oxygen atoms in total. The predicted molar refractivity (Wildman–Crippen MR) is 120 cm³/mol. The van der Waals surface area contributed by atoms with Crippen LogP contribution in [0.25, 0.3) is 11.5 Å². The molecular weight excluding hydrogens is 455 g/mol. The number of aliphatic hydroxyl groups excluding tert-OH is 1. The molecule has 0 aliphatic heterocycles. The van der Waals surface area contributed by atoms with Gasteiger partial charge in [-0.3, -0.25) is 0 Å². The van der Waals surface area contributed by atoms with E-state index in [1.807, 2.05) is 37.3 Å². The monoisotopic (exact) mass is 486 g/mol. The normalized spacial score (nSPS) is 12.3. The van der Waals surface area contributed by atoms with Gasteiger partial charge in [-0.05, 0) is 37.8 Å². The lowest BCUT2D eigenvalue weighted by Crippen LogP contribution is -2.40. The van der Waals surface area contributed by atoms with E-state index in [9.17, 15) is 5.11 Å². The van der Waals surface area contributed by atoms with E-state index in [0.29, 0.717) is 18.4 Å². The lowest BCUT2D eigenvalue weighted by molar-refractivity contribution is 0.251. The molecule has 3 N–H and O–H groups in total. The van der Waals surface area contributed by atoms with Crippen molar-refractivity contribution in [1.82, 2.24) is 15.6 Å². The molecule has 2 rings (SSSR count).